The third kappa shape index (κ3) is 5.20. The molecule has 8 heteroatoms. The van der Waals surface area contributed by atoms with E-state index in [4.69, 9.17) is 11.6 Å². The summed E-state index contributed by atoms with van der Waals surface area (Å²) in [6.07, 6.45) is 0. The number of hydrogen-bond acceptors (Lipinski definition) is 4. The lowest BCUT2D eigenvalue weighted by molar-refractivity contribution is 0.0640. The van der Waals surface area contributed by atoms with Gasteiger partial charge < -0.3 is 15.5 Å². The first-order valence-electron chi connectivity index (χ1n) is 8.46. The molecule has 0 spiro atoms. The van der Waals surface area contributed by atoms with E-state index in [0.29, 0.717) is 30.3 Å². The Balaban J connectivity index is 1.35. The quantitative estimate of drug-likeness (QED) is 0.822. The lowest BCUT2D eigenvalue weighted by Gasteiger charge is -2.34. The van der Waals surface area contributed by atoms with E-state index in [1.54, 1.807) is 24.3 Å². The molecule has 2 N–H and O–H groups in total. The van der Waals surface area contributed by atoms with Crippen LogP contribution in [0.1, 0.15) is 10.4 Å². The number of thiophene rings is 1. The van der Waals surface area contributed by atoms with E-state index in [9.17, 15) is 9.59 Å². The molecule has 0 bridgehead atoms. The van der Waals surface area contributed by atoms with Gasteiger partial charge in [0.25, 0.3) is 5.91 Å². The summed E-state index contributed by atoms with van der Waals surface area (Å²) in [6, 6.07) is 8.64. The second-order valence-corrected chi connectivity index (χ2v) is 7.25. The molecule has 3 rings (SSSR count). The molecule has 138 valence electrons. The van der Waals surface area contributed by atoms with Crippen molar-refractivity contribution in [1.82, 2.24) is 15.1 Å². The van der Waals surface area contributed by atoms with Crippen LogP contribution in [-0.4, -0.2) is 61.0 Å². The Kier molecular flexibility index (Phi) is 6.49. The number of carbonyl (C=O) groups excluding carboxylic acids is 2. The Hall–Kier alpha value is -2.09. The van der Waals surface area contributed by atoms with Gasteiger partial charge in [-0.1, -0.05) is 17.7 Å². The fourth-order valence-electron chi connectivity index (χ4n) is 2.81. The number of nitrogens with one attached hydrogen (secondary N) is 2. The van der Waals surface area contributed by atoms with Gasteiger partial charge in [-0.15, -0.1) is 0 Å². The number of carbonyl (C=O) groups is 2. The van der Waals surface area contributed by atoms with Crippen LogP contribution in [0.5, 0.6) is 0 Å². The molecule has 0 aliphatic carbocycles. The van der Waals surface area contributed by atoms with Gasteiger partial charge in [0.05, 0.1) is 5.56 Å². The van der Waals surface area contributed by atoms with E-state index in [2.05, 4.69) is 15.5 Å². The van der Waals surface area contributed by atoms with Crippen LogP contribution < -0.4 is 10.6 Å². The Morgan fingerprint density at radius 3 is 2.65 bits per heavy atom. The molecule has 0 radical (unpaired) electrons. The smallest absolute Gasteiger partial charge is 0.319 e. The third-order valence-electron chi connectivity index (χ3n) is 4.22. The molecule has 1 aliphatic rings. The zero-order valence-electron chi connectivity index (χ0n) is 14.3. The minimum atomic E-state index is -0.251. The number of piperazine rings is 1. The molecule has 1 aliphatic heterocycles. The van der Waals surface area contributed by atoms with Crippen LogP contribution in [0.15, 0.2) is 41.1 Å². The average Bonchev–Trinajstić information content (AvgIpc) is 3.16. The summed E-state index contributed by atoms with van der Waals surface area (Å²) in [5.74, 6) is 0.102. The summed E-state index contributed by atoms with van der Waals surface area (Å²) >= 11 is 7.43. The number of rotatable bonds is 5. The van der Waals surface area contributed by atoms with Gasteiger partial charge in [-0.2, -0.15) is 11.3 Å². The molecule has 6 nitrogen and oxygen atoms in total. The highest BCUT2D eigenvalue weighted by molar-refractivity contribution is 7.08. The van der Waals surface area contributed by atoms with Gasteiger partial charge in [-0.05, 0) is 29.6 Å². The molecule has 1 saturated heterocycles. The number of urea groups is 1. The van der Waals surface area contributed by atoms with Crippen LogP contribution in [0.25, 0.3) is 0 Å². The normalized spacial score (nSPS) is 14.9. The highest BCUT2D eigenvalue weighted by atomic mass is 35.5. The summed E-state index contributed by atoms with van der Waals surface area (Å²) in [5.41, 5.74) is 1.43. The first-order valence-corrected chi connectivity index (χ1v) is 9.78. The average molecular weight is 393 g/mol. The second-order valence-electron chi connectivity index (χ2n) is 6.04. The lowest BCUT2D eigenvalue weighted by atomic mass is 10.2. The predicted molar refractivity (Wildman–Crippen MR) is 105 cm³/mol. The maximum atomic E-state index is 12.3. The summed E-state index contributed by atoms with van der Waals surface area (Å²) < 4.78 is 0. The van der Waals surface area contributed by atoms with E-state index < -0.39 is 0 Å². The second kappa shape index (κ2) is 9.02. The third-order valence-corrected chi connectivity index (χ3v) is 5.14. The van der Waals surface area contributed by atoms with Gasteiger partial charge in [-0.25, -0.2) is 4.79 Å². The minimum absolute atomic E-state index is 0.102. The van der Waals surface area contributed by atoms with E-state index in [-0.39, 0.29) is 11.9 Å². The van der Waals surface area contributed by atoms with E-state index in [1.165, 1.54) is 11.3 Å². The van der Waals surface area contributed by atoms with Crippen molar-refractivity contribution in [1.29, 1.82) is 0 Å². The van der Waals surface area contributed by atoms with E-state index >= 15 is 0 Å². The van der Waals surface area contributed by atoms with E-state index in [1.807, 2.05) is 21.7 Å². The van der Waals surface area contributed by atoms with E-state index in [0.717, 1.165) is 25.2 Å². The fourth-order valence-corrected chi connectivity index (χ4v) is 3.63. The molecule has 0 unspecified atom stereocenters. The molecular weight excluding hydrogens is 372 g/mol. The molecule has 1 aromatic carbocycles. The van der Waals surface area contributed by atoms with Crippen LogP contribution in [-0.2, 0) is 0 Å². The van der Waals surface area contributed by atoms with Crippen LogP contribution in [0, 0.1) is 0 Å². The molecule has 2 aromatic rings. The number of halogens is 1. The Morgan fingerprint density at radius 1 is 1.15 bits per heavy atom. The Morgan fingerprint density at radius 2 is 1.96 bits per heavy atom. The van der Waals surface area contributed by atoms with Crippen molar-refractivity contribution >= 4 is 40.6 Å². The topological polar surface area (TPSA) is 64.7 Å². The molecule has 3 amide bonds. The van der Waals surface area contributed by atoms with Gasteiger partial charge in [0.1, 0.15) is 0 Å². The maximum absolute atomic E-state index is 12.3. The lowest BCUT2D eigenvalue weighted by Crippen LogP contribution is -2.50. The number of nitrogens with zero attached hydrogens (tertiary/aromatic N) is 2. The fraction of sp³-hybridized carbons (Fsp3) is 0.333. The van der Waals surface area contributed by atoms with Crippen molar-refractivity contribution in [2.45, 2.75) is 0 Å². The van der Waals surface area contributed by atoms with Crippen LogP contribution >= 0.6 is 22.9 Å². The van der Waals surface area contributed by atoms with Crippen molar-refractivity contribution in [2.24, 2.45) is 0 Å². The molecule has 1 fully saturated rings. The van der Waals surface area contributed by atoms with Crippen molar-refractivity contribution in [3.63, 3.8) is 0 Å². The molecular formula is C18H21ClN4O2S. The van der Waals surface area contributed by atoms with Crippen LogP contribution in [0.4, 0.5) is 10.5 Å². The number of benzene rings is 1. The first kappa shape index (κ1) is 18.7. The largest absolute Gasteiger partial charge is 0.337 e. The number of anilines is 1. The maximum Gasteiger partial charge on any atom is 0.319 e. The first-order chi connectivity index (χ1) is 12.6. The highest BCUT2D eigenvalue weighted by Gasteiger charge is 2.22. The van der Waals surface area contributed by atoms with Crippen LogP contribution in [0.2, 0.25) is 5.02 Å². The molecule has 2 heterocycles. The number of hydrogen-bond donors (Lipinski definition) is 2. The Labute approximate surface area is 161 Å². The minimum Gasteiger partial charge on any atom is -0.337 e. The van der Waals surface area contributed by atoms with Gasteiger partial charge >= 0.3 is 6.03 Å². The molecule has 0 atom stereocenters. The summed E-state index contributed by atoms with van der Waals surface area (Å²) in [5, 5.41) is 9.98. The van der Waals surface area contributed by atoms with Crippen LogP contribution in [0.3, 0.4) is 0 Å². The molecule has 26 heavy (non-hydrogen) atoms. The van der Waals surface area contributed by atoms with Gasteiger partial charge in [0, 0.05) is 55.4 Å². The van der Waals surface area contributed by atoms with Gasteiger partial charge in [0.15, 0.2) is 0 Å². The summed E-state index contributed by atoms with van der Waals surface area (Å²) in [7, 11) is 0. The number of amides is 3. The zero-order valence-corrected chi connectivity index (χ0v) is 15.9. The molecule has 0 saturated carbocycles. The summed E-state index contributed by atoms with van der Waals surface area (Å²) in [4.78, 5) is 28.3. The zero-order chi connectivity index (χ0) is 18.4. The van der Waals surface area contributed by atoms with Crippen molar-refractivity contribution in [2.75, 3.05) is 44.6 Å². The predicted octanol–water partition coefficient (Wildman–Crippen LogP) is 2.98. The van der Waals surface area contributed by atoms with Crippen molar-refractivity contribution in [3.05, 3.63) is 51.7 Å². The highest BCUT2D eigenvalue weighted by Crippen LogP contribution is 2.14. The Bertz CT molecular complexity index is 745. The van der Waals surface area contributed by atoms with Gasteiger partial charge in [0.2, 0.25) is 0 Å². The van der Waals surface area contributed by atoms with Crippen molar-refractivity contribution in [3.8, 4) is 0 Å². The summed E-state index contributed by atoms with van der Waals surface area (Å²) in [6.45, 7) is 4.35. The molecule has 1 aromatic heterocycles. The van der Waals surface area contributed by atoms with Crippen molar-refractivity contribution < 1.29 is 9.59 Å². The standard InChI is InChI=1S/C18H21ClN4O2S/c19-15-2-1-3-16(12-15)21-18(25)20-5-6-22-7-9-23(10-8-22)17(24)14-4-11-26-13-14/h1-4,11-13H,5-10H2,(H2,20,21,25). The monoisotopic (exact) mass is 392 g/mol. The SMILES string of the molecule is O=C(NCCN1CCN(C(=O)c2ccsc2)CC1)Nc1cccc(Cl)c1. The van der Waals surface area contributed by atoms with Gasteiger partial charge in [-0.3, -0.25) is 9.69 Å².